The van der Waals surface area contributed by atoms with Crippen molar-refractivity contribution in [2.24, 2.45) is 0 Å². The molecule has 6 nitrogen and oxygen atoms in total. The van der Waals surface area contributed by atoms with E-state index in [0.717, 1.165) is 10.3 Å². The van der Waals surface area contributed by atoms with E-state index in [9.17, 15) is 18.3 Å². The van der Waals surface area contributed by atoms with Crippen LogP contribution in [-0.2, 0) is 10.0 Å². The van der Waals surface area contributed by atoms with Crippen molar-refractivity contribution in [2.45, 2.75) is 4.90 Å². The van der Waals surface area contributed by atoms with Gasteiger partial charge in [0.15, 0.2) is 0 Å². The molecule has 8 heteroatoms. The number of rotatable bonds is 5. The Balaban J connectivity index is 1.77. The molecule has 0 aliphatic carbocycles. The Morgan fingerprint density at radius 2 is 1.79 bits per heavy atom. The first-order chi connectivity index (χ1) is 13.4. The van der Waals surface area contributed by atoms with Crippen LogP contribution in [0, 0.1) is 0 Å². The summed E-state index contributed by atoms with van der Waals surface area (Å²) >= 11 is 1.38. The molecule has 0 unspecified atom stereocenters. The lowest BCUT2D eigenvalue weighted by Gasteiger charge is -2.12. The van der Waals surface area contributed by atoms with Crippen LogP contribution in [0.15, 0.2) is 77.1 Å². The van der Waals surface area contributed by atoms with Gasteiger partial charge in [0.1, 0.15) is 4.90 Å². The number of benzene rings is 2. The molecule has 0 fully saturated rings. The standard InChI is InChI=1S/C20H14N2O4S2/c23-20(24)16-7-6-14(13-4-2-1-3-5-13)10-18(16)22-28(25,26)15-11-19-17(21-12-15)8-9-27-19/h1-12,22H,(H,23,24). The molecule has 4 aromatic rings. The van der Waals surface area contributed by atoms with Crippen molar-refractivity contribution in [3.63, 3.8) is 0 Å². The molecule has 0 saturated heterocycles. The normalized spacial score (nSPS) is 11.4. The third-order valence-corrected chi connectivity index (χ3v) is 6.37. The van der Waals surface area contributed by atoms with Crippen LogP contribution in [0.4, 0.5) is 5.69 Å². The van der Waals surface area contributed by atoms with E-state index < -0.39 is 16.0 Å². The van der Waals surface area contributed by atoms with E-state index in [-0.39, 0.29) is 16.1 Å². The lowest BCUT2D eigenvalue weighted by molar-refractivity contribution is 0.0698. The van der Waals surface area contributed by atoms with E-state index in [1.165, 1.54) is 35.7 Å². The first-order valence-electron chi connectivity index (χ1n) is 8.23. The highest BCUT2D eigenvalue weighted by molar-refractivity contribution is 7.92. The van der Waals surface area contributed by atoms with Crippen molar-refractivity contribution in [3.8, 4) is 11.1 Å². The summed E-state index contributed by atoms with van der Waals surface area (Å²) in [6.45, 7) is 0. The quantitative estimate of drug-likeness (QED) is 0.506. The molecule has 2 heterocycles. The van der Waals surface area contributed by atoms with Crippen LogP contribution in [0.2, 0.25) is 0 Å². The molecule has 0 aliphatic heterocycles. The maximum Gasteiger partial charge on any atom is 0.337 e. The number of pyridine rings is 1. The van der Waals surface area contributed by atoms with Crippen LogP contribution in [-0.4, -0.2) is 24.5 Å². The first-order valence-corrected chi connectivity index (χ1v) is 10.6. The number of aromatic nitrogens is 1. The summed E-state index contributed by atoms with van der Waals surface area (Å²) in [5, 5.41) is 11.3. The van der Waals surface area contributed by atoms with Crippen LogP contribution in [0.5, 0.6) is 0 Å². The molecular formula is C20H14N2O4S2. The third-order valence-electron chi connectivity index (χ3n) is 4.19. The summed E-state index contributed by atoms with van der Waals surface area (Å²) < 4.78 is 28.8. The monoisotopic (exact) mass is 410 g/mol. The van der Waals surface area contributed by atoms with Crippen LogP contribution >= 0.6 is 11.3 Å². The number of hydrogen-bond donors (Lipinski definition) is 2. The summed E-state index contributed by atoms with van der Waals surface area (Å²) in [4.78, 5) is 15.7. The van der Waals surface area contributed by atoms with E-state index >= 15 is 0 Å². The zero-order chi connectivity index (χ0) is 19.7. The number of aromatic carboxylic acids is 1. The third kappa shape index (κ3) is 3.47. The van der Waals surface area contributed by atoms with E-state index in [0.29, 0.717) is 11.1 Å². The van der Waals surface area contributed by atoms with Crippen molar-refractivity contribution in [1.29, 1.82) is 0 Å². The molecule has 140 valence electrons. The number of nitrogens with zero attached hydrogens (tertiary/aromatic N) is 1. The molecule has 28 heavy (non-hydrogen) atoms. The number of fused-ring (bicyclic) bond motifs is 1. The lowest BCUT2D eigenvalue weighted by atomic mass is 10.0. The number of anilines is 1. The minimum Gasteiger partial charge on any atom is -0.478 e. The minimum absolute atomic E-state index is 0.000120. The highest BCUT2D eigenvalue weighted by Crippen LogP contribution is 2.29. The van der Waals surface area contributed by atoms with Gasteiger partial charge in [0.2, 0.25) is 0 Å². The van der Waals surface area contributed by atoms with Crippen molar-refractivity contribution in [2.75, 3.05) is 4.72 Å². The largest absolute Gasteiger partial charge is 0.478 e. The average molecular weight is 410 g/mol. The molecule has 0 saturated carbocycles. The van der Waals surface area contributed by atoms with Crippen molar-refractivity contribution in [1.82, 2.24) is 4.98 Å². The zero-order valence-corrected chi connectivity index (χ0v) is 16.0. The maximum atomic E-state index is 12.9. The van der Waals surface area contributed by atoms with Gasteiger partial charge >= 0.3 is 5.97 Å². The van der Waals surface area contributed by atoms with E-state index in [1.807, 2.05) is 35.7 Å². The highest BCUT2D eigenvalue weighted by Gasteiger charge is 2.20. The Morgan fingerprint density at radius 1 is 1.00 bits per heavy atom. The number of carboxylic acids is 1. The van der Waals surface area contributed by atoms with Gasteiger partial charge in [-0.05, 0) is 40.8 Å². The smallest absolute Gasteiger partial charge is 0.337 e. The van der Waals surface area contributed by atoms with Crippen LogP contribution in [0.25, 0.3) is 21.3 Å². The van der Waals surface area contributed by atoms with Crippen LogP contribution < -0.4 is 4.72 Å². The van der Waals surface area contributed by atoms with Gasteiger partial charge in [0, 0.05) is 6.20 Å². The SMILES string of the molecule is O=C(O)c1ccc(-c2ccccc2)cc1NS(=O)(=O)c1cnc2ccsc2c1. The second-order valence-corrected chi connectivity index (χ2v) is 8.64. The lowest BCUT2D eigenvalue weighted by Crippen LogP contribution is -2.16. The molecule has 0 radical (unpaired) electrons. The summed E-state index contributed by atoms with van der Waals surface area (Å²) in [6.07, 6.45) is 1.26. The number of nitrogens with one attached hydrogen (secondary N) is 1. The fourth-order valence-corrected chi connectivity index (χ4v) is 4.70. The van der Waals surface area contributed by atoms with E-state index in [2.05, 4.69) is 9.71 Å². The Kier molecular flexibility index (Phi) is 4.58. The van der Waals surface area contributed by atoms with Gasteiger partial charge < -0.3 is 5.11 Å². The fourth-order valence-electron chi connectivity index (χ4n) is 2.80. The molecule has 2 aromatic heterocycles. The predicted octanol–water partition coefficient (Wildman–Crippen LogP) is 4.46. The molecular weight excluding hydrogens is 396 g/mol. The summed E-state index contributed by atoms with van der Waals surface area (Å²) in [7, 11) is -4.01. The van der Waals surface area contributed by atoms with Gasteiger partial charge in [0.25, 0.3) is 10.0 Å². The van der Waals surface area contributed by atoms with Crippen molar-refractivity contribution >= 4 is 43.2 Å². The zero-order valence-electron chi connectivity index (χ0n) is 14.4. The van der Waals surface area contributed by atoms with Gasteiger partial charge in [-0.3, -0.25) is 9.71 Å². The second-order valence-electron chi connectivity index (χ2n) is 6.01. The number of carboxylic acid groups (broad SMARTS) is 1. The number of hydrogen-bond acceptors (Lipinski definition) is 5. The Morgan fingerprint density at radius 3 is 2.54 bits per heavy atom. The molecule has 2 N–H and O–H groups in total. The molecule has 0 amide bonds. The topological polar surface area (TPSA) is 96.4 Å². The van der Waals surface area contributed by atoms with Gasteiger partial charge in [-0.2, -0.15) is 0 Å². The van der Waals surface area contributed by atoms with Crippen molar-refractivity contribution < 1.29 is 18.3 Å². The molecule has 0 bridgehead atoms. The van der Waals surface area contributed by atoms with Crippen molar-refractivity contribution in [3.05, 3.63) is 77.8 Å². The molecule has 0 atom stereocenters. The van der Waals surface area contributed by atoms with Gasteiger partial charge in [-0.25, -0.2) is 13.2 Å². The maximum absolute atomic E-state index is 12.9. The van der Waals surface area contributed by atoms with Crippen LogP contribution in [0.3, 0.4) is 0 Å². The minimum atomic E-state index is -4.01. The summed E-state index contributed by atoms with van der Waals surface area (Å²) in [5.41, 5.74) is 2.13. The molecule has 0 aliphatic rings. The average Bonchev–Trinajstić information content (AvgIpc) is 3.16. The van der Waals surface area contributed by atoms with E-state index in [4.69, 9.17) is 0 Å². The highest BCUT2D eigenvalue weighted by atomic mass is 32.2. The van der Waals surface area contributed by atoms with Crippen LogP contribution in [0.1, 0.15) is 10.4 Å². The Bertz CT molecular complexity index is 1280. The number of sulfonamides is 1. The first kappa shape index (κ1) is 18.1. The fraction of sp³-hybridized carbons (Fsp3) is 0. The van der Waals surface area contributed by atoms with Gasteiger partial charge in [-0.15, -0.1) is 11.3 Å². The number of thiophene rings is 1. The summed E-state index contributed by atoms with van der Waals surface area (Å²) in [6, 6.07) is 17.2. The van der Waals surface area contributed by atoms with Gasteiger partial charge in [0.05, 0.1) is 21.5 Å². The number of carbonyl (C=O) groups is 1. The van der Waals surface area contributed by atoms with E-state index in [1.54, 1.807) is 12.1 Å². The summed E-state index contributed by atoms with van der Waals surface area (Å²) in [5.74, 6) is -1.22. The molecule has 0 spiro atoms. The van der Waals surface area contributed by atoms with Gasteiger partial charge in [-0.1, -0.05) is 36.4 Å². The molecule has 2 aromatic carbocycles. The molecule has 4 rings (SSSR count). The second kappa shape index (κ2) is 7.06. The Hall–Kier alpha value is -3.23. The predicted molar refractivity (Wildman–Crippen MR) is 109 cm³/mol. The Labute approximate surface area is 165 Å².